The Morgan fingerprint density at radius 2 is 1.86 bits per heavy atom. The van der Waals surface area contributed by atoms with Crippen molar-refractivity contribution in [3.8, 4) is 0 Å². The van der Waals surface area contributed by atoms with Crippen LogP contribution in [-0.4, -0.2) is 32.9 Å². The SMILES string of the molecule is CCNc1cc(C)nc(CN(CC)Cc2ccncc2)n1. The molecule has 2 aromatic heterocycles. The molecule has 0 amide bonds. The Labute approximate surface area is 126 Å². The molecule has 0 saturated carbocycles. The third-order valence-corrected chi connectivity index (χ3v) is 3.23. The highest BCUT2D eigenvalue weighted by Crippen LogP contribution is 2.10. The van der Waals surface area contributed by atoms with Gasteiger partial charge in [0.25, 0.3) is 0 Å². The first kappa shape index (κ1) is 15.4. The van der Waals surface area contributed by atoms with Crippen LogP contribution in [-0.2, 0) is 13.1 Å². The first-order valence-corrected chi connectivity index (χ1v) is 7.41. The van der Waals surface area contributed by atoms with E-state index >= 15 is 0 Å². The van der Waals surface area contributed by atoms with Crippen LogP contribution in [0.2, 0.25) is 0 Å². The second-order valence-corrected chi connectivity index (χ2v) is 5.00. The van der Waals surface area contributed by atoms with E-state index in [9.17, 15) is 0 Å². The molecule has 5 nitrogen and oxygen atoms in total. The van der Waals surface area contributed by atoms with Crippen molar-refractivity contribution in [1.82, 2.24) is 19.9 Å². The minimum Gasteiger partial charge on any atom is -0.370 e. The van der Waals surface area contributed by atoms with Gasteiger partial charge in [-0.15, -0.1) is 0 Å². The monoisotopic (exact) mass is 285 g/mol. The van der Waals surface area contributed by atoms with Crippen molar-refractivity contribution in [2.75, 3.05) is 18.4 Å². The fourth-order valence-corrected chi connectivity index (χ4v) is 2.20. The Morgan fingerprint density at radius 3 is 2.52 bits per heavy atom. The molecule has 0 aliphatic rings. The molecule has 0 bridgehead atoms. The molecular formula is C16H23N5. The molecule has 0 radical (unpaired) electrons. The van der Waals surface area contributed by atoms with Gasteiger partial charge in [0, 0.05) is 37.2 Å². The third kappa shape index (κ3) is 4.79. The highest BCUT2D eigenvalue weighted by Gasteiger charge is 2.08. The minimum atomic E-state index is 0.749. The lowest BCUT2D eigenvalue weighted by Crippen LogP contribution is -2.24. The topological polar surface area (TPSA) is 53.9 Å². The smallest absolute Gasteiger partial charge is 0.144 e. The highest BCUT2D eigenvalue weighted by molar-refractivity contribution is 5.35. The van der Waals surface area contributed by atoms with E-state index in [2.05, 4.69) is 39.0 Å². The van der Waals surface area contributed by atoms with Crippen LogP contribution < -0.4 is 5.32 Å². The Hall–Kier alpha value is -2.01. The van der Waals surface area contributed by atoms with Crippen LogP contribution in [0.5, 0.6) is 0 Å². The molecule has 2 rings (SSSR count). The Morgan fingerprint density at radius 1 is 1.10 bits per heavy atom. The number of hydrogen-bond acceptors (Lipinski definition) is 5. The summed E-state index contributed by atoms with van der Waals surface area (Å²) >= 11 is 0. The van der Waals surface area contributed by atoms with Crippen LogP contribution in [0.3, 0.4) is 0 Å². The summed E-state index contributed by atoms with van der Waals surface area (Å²) in [5, 5.41) is 3.25. The third-order valence-electron chi connectivity index (χ3n) is 3.23. The van der Waals surface area contributed by atoms with E-state index in [1.54, 1.807) is 0 Å². The van der Waals surface area contributed by atoms with Gasteiger partial charge < -0.3 is 5.32 Å². The van der Waals surface area contributed by atoms with Gasteiger partial charge in [0.05, 0.1) is 6.54 Å². The summed E-state index contributed by atoms with van der Waals surface area (Å²) in [4.78, 5) is 15.5. The maximum absolute atomic E-state index is 4.58. The normalized spacial score (nSPS) is 10.9. The van der Waals surface area contributed by atoms with Crippen molar-refractivity contribution in [3.05, 3.63) is 47.7 Å². The zero-order valence-electron chi connectivity index (χ0n) is 13.0. The van der Waals surface area contributed by atoms with Crippen molar-refractivity contribution in [2.24, 2.45) is 0 Å². The minimum absolute atomic E-state index is 0.749. The van der Waals surface area contributed by atoms with E-state index in [-0.39, 0.29) is 0 Å². The Bertz CT molecular complexity index is 556. The fourth-order valence-electron chi connectivity index (χ4n) is 2.20. The summed E-state index contributed by atoms with van der Waals surface area (Å²) in [6.07, 6.45) is 3.66. The second-order valence-electron chi connectivity index (χ2n) is 5.00. The number of anilines is 1. The van der Waals surface area contributed by atoms with E-state index in [4.69, 9.17) is 0 Å². The zero-order chi connectivity index (χ0) is 15.1. The molecule has 0 spiro atoms. The number of aryl methyl sites for hydroxylation is 1. The van der Waals surface area contributed by atoms with Gasteiger partial charge >= 0.3 is 0 Å². The van der Waals surface area contributed by atoms with Gasteiger partial charge in [0.1, 0.15) is 11.6 Å². The summed E-state index contributed by atoms with van der Waals surface area (Å²) in [5.41, 5.74) is 2.25. The van der Waals surface area contributed by atoms with Crippen LogP contribution in [0.25, 0.3) is 0 Å². The zero-order valence-corrected chi connectivity index (χ0v) is 13.0. The number of pyridine rings is 1. The maximum Gasteiger partial charge on any atom is 0.144 e. The molecule has 0 unspecified atom stereocenters. The van der Waals surface area contributed by atoms with Gasteiger partial charge in [0.15, 0.2) is 0 Å². The highest BCUT2D eigenvalue weighted by atomic mass is 15.1. The summed E-state index contributed by atoms with van der Waals surface area (Å²) < 4.78 is 0. The predicted molar refractivity (Wildman–Crippen MR) is 85.0 cm³/mol. The van der Waals surface area contributed by atoms with Gasteiger partial charge in [-0.25, -0.2) is 9.97 Å². The van der Waals surface area contributed by atoms with Crippen molar-refractivity contribution < 1.29 is 0 Å². The number of hydrogen-bond donors (Lipinski definition) is 1. The maximum atomic E-state index is 4.58. The van der Waals surface area contributed by atoms with E-state index in [0.29, 0.717) is 0 Å². The Kier molecular flexibility index (Phi) is 5.63. The molecule has 2 aromatic rings. The summed E-state index contributed by atoms with van der Waals surface area (Å²) in [6, 6.07) is 6.07. The lowest BCUT2D eigenvalue weighted by molar-refractivity contribution is 0.264. The van der Waals surface area contributed by atoms with Crippen molar-refractivity contribution >= 4 is 5.82 Å². The molecule has 2 heterocycles. The van der Waals surface area contributed by atoms with Gasteiger partial charge in [0.2, 0.25) is 0 Å². The van der Waals surface area contributed by atoms with Gasteiger partial charge in [-0.05, 0) is 38.1 Å². The van der Waals surface area contributed by atoms with Gasteiger partial charge in [-0.3, -0.25) is 9.88 Å². The molecule has 112 valence electrons. The summed E-state index contributed by atoms with van der Waals surface area (Å²) in [5.74, 6) is 1.77. The summed E-state index contributed by atoms with van der Waals surface area (Å²) in [6.45, 7) is 9.68. The first-order chi connectivity index (χ1) is 10.2. The van der Waals surface area contributed by atoms with Crippen molar-refractivity contribution in [3.63, 3.8) is 0 Å². The van der Waals surface area contributed by atoms with Crippen LogP contribution in [0.15, 0.2) is 30.6 Å². The molecule has 21 heavy (non-hydrogen) atoms. The van der Waals surface area contributed by atoms with Crippen LogP contribution in [0.4, 0.5) is 5.82 Å². The molecular weight excluding hydrogens is 262 g/mol. The molecule has 0 fully saturated rings. The number of nitrogens with zero attached hydrogens (tertiary/aromatic N) is 4. The molecule has 0 atom stereocenters. The lowest BCUT2D eigenvalue weighted by atomic mass is 10.2. The van der Waals surface area contributed by atoms with E-state index in [1.807, 2.05) is 37.5 Å². The Balaban J connectivity index is 2.07. The quantitative estimate of drug-likeness (QED) is 0.847. The lowest BCUT2D eigenvalue weighted by Gasteiger charge is -2.20. The molecule has 0 saturated heterocycles. The number of nitrogens with one attached hydrogen (secondary N) is 1. The van der Waals surface area contributed by atoms with Crippen molar-refractivity contribution in [2.45, 2.75) is 33.9 Å². The van der Waals surface area contributed by atoms with Crippen LogP contribution >= 0.6 is 0 Å². The van der Waals surface area contributed by atoms with E-state index in [1.165, 1.54) is 5.56 Å². The first-order valence-electron chi connectivity index (χ1n) is 7.41. The molecule has 5 heteroatoms. The van der Waals surface area contributed by atoms with E-state index in [0.717, 1.165) is 43.5 Å². The number of rotatable bonds is 7. The average molecular weight is 285 g/mol. The van der Waals surface area contributed by atoms with Crippen LogP contribution in [0, 0.1) is 6.92 Å². The fraction of sp³-hybridized carbons (Fsp3) is 0.438. The molecule has 0 aliphatic carbocycles. The predicted octanol–water partition coefficient (Wildman–Crippen LogP) is 2.63. The molecule has 1 N–H and O–H groups in total. The van der Waals surface area contributed by atoms with Crippen molar-refractivity contribution in [1.29, 1.82) is 0 Å². The average Bonchev–Trinajstić information content (AvgIpc) is 2.47. The van der Waals surface area contributed by atoms with E-state index < -0.39 is 0 Å². The molecule has 0 aliphatic heterocycles. The van der Waals surface area contributed by atoms with Gasteiger partial charge in [-0.1, -0.05) is 6.92 Å². The summed E-state index contributed by atoms with van der Waals surface area (Å²) in [7, 11) is 0. The standard InChI is InChI=1S/C16H23N5/c1-4-18-15-10-13(3)19-16(20-15)12-21(5-2)11-14-6-8-17-9-7-14/h6-10H,4-5,11-12H2,1-3H3,(H,18,19,20). The second kappa shape index (κ2) is 7.69. The number of aromatic nitrogens is 3. The van der Waals surface area contributed by atoms with Gasteiger partial charge in [-0.2, -0.15) is 0 Å². The van der Waals surface area contributed by atoms with Crippen LogP contribution in [0.1, 0.15) is 30.9 Å². The largest absolute Gasteiger partial charge is 0.370 e. The molecule has 0 aromatic carbocycles.